The topological polar surface area (TPSA) is 72.3 Å². The number of rotatable bonds is 4. The van der Waals surface area contributed by atoms with Crippen molar-refractivity contribution in [3.05, 3.63) is 41.7 Å². The molecule has 0 saturated carbocycles. The lowest BCUT2D eigenvalue weighted by molar-refractivity contribution is -0.136. The summed E-state index contributed by atoms with van der Waals surface area (Å²) < 4.78 is 5.28. The van der Waals surface area contributed by atoms with Gasteiger partial charge in [0.2, 0.25) is 0 Å². The molecule has 2 rings (SSSR count). The Morgan fingerprint density at radius 3 is 2.58 bits per heavy atom. The van der Waals surface area contributed by atoms with E-state index in [0.717, 1.165) is 11.1 Å². The maximum atomic E-state index is 10.6. The Labute approximate surface area is 110 Å². The van der Waals surface area contributed by atoms with Crippen molar-refractivity contribution >= 4 is 5.97 Å². The number of ether oxygens (including phenoxy) is 1. The van der Waals surface area contributed by atoms with Gasteiger partial charge in [-0.1, -0.05) is 11.6 Å². The van der Waals surface area contributed by atoms with Crippen molar-refractivity contribution in [3.8, 4) is 17.1 Å². The Bertz CT molecular complexity index is 594. The van der Waals surface area contributed by atoms with E-state index in [1.165, 1.54) is 12.4 Å². The van der Waals surface area contributed by atoms with E-state index in [-0.39, 0.29) is 6.42 Å². The first kappa shape index (κ1) is 13.0. The summed E-state index contributed by atoms with van der Waals surface area (Å²) in [5.74, 6) is 0.316. The van der Waals surface area contributed by atoms with Crippen LogP contribution in [-0.2, 0) is 11.2 Å². The van der Waals surface area contributed by atoms with Gasteiger partial charge >= 0.3 is 5.97 Å². The normalized spacial score (nSPS) is 10.2. The van der Waals surface area contributed by atoms with Gasteiger partial charge in [-0.3, -0.25) is 4.79 Å². The molecule has 98 valence electrons. The van der Waals surface area contributed by atoms with Crippen molar-refractivity contribution in [3.63, 3.8) is 0 Å². The smallest absolute Gasteiger partial charge is 0.307 e. The number of hydrogen-bond donors (Lipinski definition) is 1. The van der Waals surface area contributed by atoms with Crippen molar-refractivity contribution in [1.29, 1.82) is 0 Å². The SMILES string of the molecule is COc1ccc(C)cc1-c1ncc(CC(=O)O)cn1. The molecule has 5 heteroatoms. The van der Waals surface area contributed by atoms with E-state index in [0.29, 0.717) is 17.1 Å². The molecule has 0 unspecified atom stereocenters. The molecule has 5 nitrogen and oxygen atoms in total. The first-order valence-electron chi connectivity index (χ1n) is 5.78. The molecule has 0 amide bonds. The largest absolute Gasteiger partial charge is 0.496 e. The third-order valence-corrected chi connectivity index (χ3v) is 2.66. The van der Waals surface area contributed by atoms with Gasteiger partial charge in [-0.05, 0) is 24.6 Å². The van der Waals surface area contributed by atoms with Gasteiger partial charge in [0.15, 0.2) is 5.82 Å². The monoisotopic (exact) mass is 258 g/mol. The molecule has 1 aromatic heterocycles. The van der Waals surface area contributed by atoms with Crippen molar-refractivity contribution in [2.45, 2.75) is 13.3 Å². The van der Waals surface area contributed by atoms with Gasteiger partial charge in [-0.25, -0.2) is 9.97 Å². The summed E-state index contributed by atoms with van der Waals surface area (Å²) in [6.45, 7) is 1.97. The fourth-order valence-electron chi connectivity index (χ4n) is 1.76. The molecule has 1 aromatic carbocycles. The standard InChI is InChI=1S/C14H14N2O3/c1-9-3-4-12(19-2)11(5-9)14-15-7-10(8-16-14)6-13(17)18/h3-5,7-8H,6H2,1-2H3,(H,17,18). The molecule has 0 atom stereocenters. The number of nitrogens with zero attached hydrogens (tertiary/aromatic N) is 2. The molecule has 0 aliphatic heterocycles. The fourth-order valence-corrected chi connectivity index (χ4v) is 1.76. The van der Waals surface area contributed by atoms with Crippen LogP contribution >= 0.6 is 0 Å². The predicted octanol–water partition coefficient (Wildman–Crippen LogP) is 2.09. The highest BCUT2D eigenvalue weighted by molar-refractivity contribution is 5.70. The van der Waals surface area contributed by atoms with Gasteiger partial charge < -0.3 is 9.84 Å². The van der Waals surface area contributed by atoms with Gasteiger partial charge in [-0.15, -0.1) is 0 Å². The van der Waals surface area contributed by atoms with E-state index < -0.39 is 5.97 Å². The Hall–Kier alpha value is -2.43. The number of aliphatic carboxylic acids is 1. The van der Waals surface area contributed by atoms with Crippen LogP contribution in [0.25, 0.3) is 11.4 Å². The lowest BCUT2D eigenvalue weighted by Crippen LogP contribution is -2.02. The van der Waals surface area contributed by atoms with E-state index >= 15 is 0 Å². The molecule has 1 heterocycles. The third kappa shape index (κ3) is 3.07. The molecule has 0 aliphatic carbocycles. The zero-order valence-corrected chi connectivity index (χ0v) is 10.8. The van der Waals surface area contributed by atoms with Crippen LogP contribution in [0.5, 0.6) is 5.75 Å². The van der Waals surface area contributed by atoms with Crippen LogP contribution in [0, 0.1) is 6.92 Å². The molecular weight excluding hydrogens is 244 g/mol. The van der Waals surface area contributed by atoms with Crippen LogP contribution in [0.15, 0.2) is 30.6 Å². The van der Waals surface area contributed by atoms with Crippen LogP contribution < -0.4 is 4.74 Å². The molecule has 0 fully saturated rings. The molecular formula is C14H14N2O3. The third-order valence-electron chi connectivity index (χ3n) is 2.66. The highest BCUT2D eigenvalue weighted by atomic mass is 16.5. The van der Waals surface area contributed by atoms with Gasteiger partial charge in [0, 0.05) is 12.4 Å². The zero-order chi connectivity index (χ0) is 13.8. The zero-order valence-electron chi connectivity index (χ0n) is 10.8. The highest BCUT2D eigenvalue weighted by Gasteiger charge is 2.09. The number of aryl methyl sites for hydroxylation is 1. The number of carboxylic acids is 1. The summed E-state index contributed by atoms with van der Waals surface area (Å²) in [4.78, 5) is 19.0. The Morgan fingerprint density at radius 1 is 1.32 bits per heavy atom. The van der Waals surface area contributed by atoms with Crippen LogP contribution in [0.1, 0.15) is 11.1 Å². The molecule has 0 saturated heterocycles. The summed E-state index contributed by atoms with van der Waals surface area (Å²) in [5.41, 5.74) is 2.45. The second kappa shape index (κ2) is 5.48. The molecule has 0 aliphatic rings. The lowest BCUT2D eigenvalue weighted by Gasteiger charge is -2.08. The van der Waals surface area contributed by atoms with Crippen molar-refractivity contribution < 1.29 is 14.6 Å². The fraction of sp³-hybridized carbons (Fsp3) is 0.214. The maximum absolute atomic E-state index is 10.6. The minimum Gasteiger partial charge on any atom is -0.496 e. The van der Waals surface area contributed by atoms with E-state index in [1.807, 2.05) is 25.1 Å². The molecule has 2 aromatic rings. The number of aromatic nitrogens is 2. The number of carbonyl (C=O) groups is 1. The summed E-state index contributed by atoms with van der Waals surface area (Å²) >= 11 is 0. The minimum atomic E-state index is -0.899. The summed E-state index contributed by atoms with van der Waals surface area (Å²) in [6, 6.07) is 5.74. The summed E-state index contributed by atoms with van der Waals surface area (Å²) in [7, 11) is 1.59. The van der Waals surface area contributed by atoms with Crippen molar-refractivity contribution in [1.82, 2.24) is 9.97 Å². The van der Waals surface area contributed by atoms with Crippen LogP contribution in [0.3, 0.4) is 0 Å². The van der Waals surface area contributed by atoms with Crippen LogP contribution in [0.4, 0.5) is 0 Å². The number of hydrogen-bond acceptors (Lipinski definition) is 4. The number of carboxylic acid groups (broad SMARTS) is 1. The summed E-state index contributed by atoms with van der Waals surface area (Å²) in [5, 5.41) is 8.70. The van der Waals surface area contributed by atoms with Crippen molar-refractivity contribution in [2.24, 2.45) is 0 Å². The minimum absolute atomic E-state index is 0.0781. The maximum Gasteiger partial charge on any atom is 0.307 e. The molecule has 1 N–H and O–H groups in total. The molecule has 19 heavy (non-hydrogen) atoms. The molecule has 0 radical (unpaired) electrons. The van der Waals surface area contributed by atoms with Crippen molar-refractivity contribution in [2.75, 3.05) is 7.11 Å². The Balaban J connectivity index is 2.36. The van der Waals surface area contributed by atoms with Gasteiger partial charge in [0.1, 0.15) is 5.75 Å². The number of benzene rings is 1. The summed E-state index contributed by atoms with van der Waals surface area (Å²) in [6.07, 6.45) is 2.97. The van der Waals surface area contributed by atoms with E-state index in [2.05, 4.69) is 9.97 Å². The van der Waals surface area contributed by atoms with E-state index in [9.17, 15) is 4.79 Å². The first-order valence-corrected chi connectivity index (χ1v) is 5.78. The second-order valence-electron chi connectivity index (χ2n) is 4.19. The van der Waals surface area contributed by atoms with E-state index in [4.69, 9.17) is 9.84 Å². The van der Waals surface area contributed by atoms with E-state index in [1.54, 1.807) is 7.11 Å². The van der Waals surface area contributed by atoms with Gasteiger partial charge in [0.25, 0.3) is 0 Å². The predicted molar refractivity (Wildman–Crippen MR) is 70.1 cm³/mol. The first-order chi connectivity index (χ1) is 9.10. The highest BCUT2D eigenvalue weighted by Crippen LogP contribution is 2.27. The average molecular weight is 258 g/mol. The average Bonchev–Trinajstić information content (AvgIpc) is 2.39. The molecule has 0 spiro atoms. The second-order valence-corrected chi connectivity index (χ2v) is 4.19. The quantitative estimate of drug-likeness (QED) is 0.909. The van der Waals surface area contributed by atoms with Crippen LogP contribution in [-0.4, -0.2) is 28.2 Å². The Kier molecular flexibility index (Phi) is 3.75. The lowest BCUT2D eigenvalue weighted by atomic mass is 10.1. The van der Waals surface area contributed by atoms with Gasteiger partial charge in [-0.2, -0.15) is 0 Å². The van der Waals surface area contributed by atoms with Crippen LogP contribution in [0.2, 0.25) is 0 Å². The molecule has 0 bridgehead atoms. The number of methoxy groups -OCH3 is 1. The Morgan fingerprint density at radius 2 is 2.00 bits per heavy atom. The van der Waals surface area contributed by atoms with Gasteiger partial charge in [0.05, 0.1) is 19.1 Å².